The molecule has 0 radical (unpaired) electrons. The van der Waals surface area contributed by atoms with Gasteiger partial charge in [0.25, 0.3) is 0 Å². The largest absolute Gasteiger partial charge is 0.383 e. The highest BCUT2D eigenvalue weighted by Crippen LogP contribution is 1.86. The molecule has 0 aromatic heterocycles. The van der Waals surface area contributed by atoms with Crippen LogP contribution in [-0.2, 0) is 9.59 Å². The summed E-state index contributed by atoms with van der Waals surface area (Å²) >= 11 is 0. The molecule has 0 aliphatic carbocycles. The predicted molar refractivity (Wildman–Crippen MR) is 34.2 cm³/mol. The molecule has 0 aromatic rings. The highest BCUT2D eigenvalue weighted by Gasteiger charge is 2.08. The molecule has 4 nitrogen and oxygen atoms in total. The van der Waals surface area contributed by atoms with Crippen LogP contribution in [0.25, 0.3) is 0 Å². The van der Waals surface area contributed by atoms with E-state index in [0.29, 0.717) is 0 Å². The van der Waals surface area contributed by atoms with Crippen LogP contribution in [0.5, 0.6) is 0 Å². The van der Waals surface area contributed by atoms with Crippen LogP contribution in [0.1, 0.15) is 0 Å². The minimum absolute atomic E-state index is 0.242. The predicted octanol–water partition coefficient (Wildman–Crippen LogP) is -0.562. The van der Waals surface area contributed by atoms with Crippen molar-refractivity contribution in [2.24, 2.45) is 4.99 Å². The first kappa shape index (κ1) is 8.75. The Bertz CT molecular complexity index is 181. The lowest BCUT2D eigenvalue weighted by molar-refractivity contribution is -0.121. The van der Waals surface area contributed by atoms with E-state index in [2.05, 4.69) is 11.6 Å². The Balaban J connectivity index is 3.83. The van der Waals surface area contributed by atoms with Gasteiger partial charge < -0.3 is 5.11 Å². The lowest BCUT2D eigenvalue weighted by Crippen LogP contribution is -2.20. The van der Waals surface area contributed by atoms with Crippen molar-refractivity contribution in [2.45, 2.75) is 6.10 Å². The number of hydrogen-bond acceptors (Lipinski definition) is 4. The molecule has 4 heteroatoms. The van der Waals surface area contributed by atoms with Gasteiger partial charge in [-0.3, -0.25) is 4.79 Å². The van der Waals surface area contributed by atoms with Crippen molar-refractivity contribution in [3.8, 4) is 0 Å². The van der Waals surface area contributed by atoms with Gasteiger partial charge in [0.1, 0.15) is 6.10 Å². The number of carbonyl (C=O) groups excluding carboxylic acids is 2. The number of aliphatic imine (C=N–C) groups is 1. The molecule has 54 valence electrons. The van der Waals surface area contributed by atoms with Crippen LogP contribution < -0.4 is 0 Å². The zero-order valence-electron chi connectivity index (χ0n) is 5.28. The lowest BCUT2D eigenvalue weighted by atomic mass is 10.2. The molecule has 1 N–H and O–H groups in total. The van der Waals surface area contributed by atoms with Crippen LogP contribution in [0.15, 0.2) is 17.6 Å². The molecule has 0 bridgehead atoms. The summed E-state index contributed by atoms with van der Waals surface area (Å²) in [6.07, 6.45) is 0.932. The maximum atomic E-state index is 10.5. The highest BCUT2D eigenvalue weighted by molar-refractivity contribution is 5.93. The zero-order chi connectivity index (χ0) is 7.98. The Morgan fingerprint density at radius 3 is 2.90 bits per heavy atom. The molecular weight excluding hydrogens is 134 g/mol. The fourth-order valence-corrected chi connectivity index (χ4v) is 0.350. The standard InChI is InChI=1S/C6H7NO3/c1-2-5(9)6(10)3-7-4-8/h2,6,10H,1,3H2. The molecule has 0 saturated heterocycles. The van der Waals surface area contributed by atoms with Crippen LogP contribution >= 0.6 is 0 Å². The number of nitrogens with zero attached hydrogens (tertiary/aromatic N) is 1. The number of carbonyl (C=O) groups is 1. The lowest BCUT2D eigenvalue weighted by Gasteiger charge is -1.98. The van der Waals surface area contributed by atoms with Gasteiger partial charge in [-0.1, -0.05) is 6.58 Å². The maximum Gasteiger partial charge on any atom is 0.235 e. The Morgan fingerprint density at radius 1 is 1.90 bits per heavy atom. The average molecular weight is 141 g/mol. The first-order valence-electron chi connectivity index (χ1n) is 2.60. The summed E-state index contributed by atoms with van der Waals surface area (Å²) in [5, 5.41) is 8.76. The maximum absolute atomic E-state index is 10.5. The molecule has 1 unspecified atom stereocenters. The average Bonchev–Trinajstić information content (AvgIpc) is 1.98. The van der Waals surface area contributed by atoms with Gasteiger partial charge in [-0.15, -0.1) is 0 Å². The number of isocyanates is 1. The zero-order valence-corrected chi connectivity index (χ0v) is 5.28. The monoisotopic (exact) mass is 141 g/mol. The molecule has 0 heterocycles. The van der Waals surface area contributed by atoms with Crippen molar-refractivity contribution in [1.82, 2.24) is 0 Å². The minimum Gasteiger partial charge on any atom is -0.383 e. The van der Waals surface area contributed by atoms with Gasteiger partial charge in [0.05, 0.1) is 6.54 Å². The molecular formula is C6H7NO3. The Morgan fingerprint density at radius 2 is 2.50 bits per heavy atom. The molecule has 1 atom stereocenters. The van der Waals surface area contributed by atoms with Crippen LogP contribution in [0, 0.1) is 0 Å². The Labute approximate surface area is 57.9 Å². The van der Waals surface area contributed by atoms with Crippen LogP contribution in [0.2, 0.25) is 0 Å². The van der Waals surface area contributed by atoms with Gasteiger partial charge in [-0.05, 0) is 6.08 Å². The highest BCUT2D eigenvalue weighted by atomic mass is 16.3. The van der Waals surface area contributed by atoms with E-state index >= 15 is 0 Å². The van der Waals surface area contributed by atoms with E-state index < -0.39 is 11.9 Å². The van der Waals surface area contributed by atoms with Gasteiger partial charge in [-0.2, -0.15) is 0 Å². The second-order valence-electron chi connectivity index (χ2n) is 1.55. The van der Waals surface area contributed by atoms with E-state index in [1.807, 2.05) is 0 Å². The molecule has 0 aliphatic heterocycles. The van der Waals surface area contributed by atoms with Gasteiger partial charge in [0.15, 0.2) is 5.78 Å². The van der Waals surface area contributed by atoms with E-state index in [-0.39, 0.29) is 6.54 Å². The summed E-state index contributed by atoms with van der Waals surface area (Å²) in [5.74, 6) is -0.543. The molecule has 10 heavy (non-hydrogen) atoms. The molecule has 0 amide bonds. The first-order chi connectivity index (χ1) is 4.72. The van der Waals surface area contributed by atoms with Crippen molar-refractivity contribution in [2.75, 3.05) is 6.54 Å². The van der Waals surface area contributed by atoms with Gasteiger partial charge >= 0.3 is 0 Å². The number of ketones is 1. The molecule has 0 aromatic carbocycles. The van der Waals surface area contributed by atoms with Crippen LogP contribution in [-0.4, -0.2) is 29.6 Å². The number of aliphatic hydroxyl groups is 1. The third kappa shape index (κ3) is 2.91. The molecule has 0 fully saturated rings. The fraction of sp³-hybridized carbons (Fsp3) is 0.333. The molecule has 0 rings (SSSR count). The minimum atomic E-state index is -1.25. The third-order valence-electron chi connectivity index (χ3n) is 0.858. The summed E-state index contributed by atoms with van der Waals surface area (Å²) in [5.41, 5.74) is 0. The van der Waals surface area contributed by atoms with E-state index in [1.165, 1.54) is 6.08 Å². The second kappa shape index (κ2) is 4.61. The molecule has 0 saturated carbocycles. The van der Waals surface area contributed by atoms with Crippen LogP contribution in [0.3, 0.4) is 0 Å². The SMILES string of the molecule is C=CC(=O)C(O)CN=C=O. The number of aliphatic hydroxyl groups excluding tert-OH is 1. The summed E-state index contributed by atoms with van der Waals surface area (Å²) in [6.45, 7) is 2.90. The number of rotatable bonds is 4. The first-order valence-corrected chi connectivity index (χ1v) is 2.60. The van der Waals surface area contributed by atoms with E-state index in [0.717, 1.165) is 6.08 Å². The van der Waals surface area contributed by atoms with Gasteiger partial charge in [0.2, 0.25) is 6.08 Å². The van der Waals surface area contributed by atoms with E-state index in [9.17, 15) is 9.59 Å². The van der Waals surface area contributed by atoms with Crippen molar-refractivity contribution >= 4 is 11.9 Å². The van der Waals surface area contributed by atoms with Gasteiger partial charge in [-0.25, -0.2) is 9.79 Å². The topological polar surface area (TPSA) is 66.7 Å². The van der Waals surface area contributed by atoms with E-state index in [1.54, 1.807) is 0 Å². The van der Waals surface area contributed by atoms with Crippen molar-refractivity contribution in [3.05, 3.63) is 12.7 Å². The summed E-state index contributed by atoms with van der Waals surface area (Å²) in [4.78, 5) is 23.0. The van der Waals surface area contributed by atoms with E-state index in [4.69, 9.17) is 5.11 Å². The van der Waals surface area contributed by atoms with Crippen LogP contribution in [0.4, 0.5) is 0 Å². The third-order valence-corrected chi connectivity index (χ3v) is 0.858. The summed E-state index contributed by atoms with van der Waals surface area (Å²) < 4.78 is 0. The van der Waals surface area contributed by atoms with Crippen molar-refractivity contribution in [1.29, 1.82) is 0 Å². The summed E-state index contributed by atoms with van der Waals surface area (Å²) in [6, 6.07) is 0. The van der Waals surface area contributed by atoms with Crippen molar-refractivity contribution in [3.63, 3.8) is 0 Å². The molecule has 0 aliphatic rings. The number of hydrogen-bond donors (Lipinski definition) is 1. The van der Waals surface area contributed by atoms with Crippen molar-refractivity contribution < 1.29 is 14.7 Å². The van der Waals surface area contributed by atoms with Gasteiger partial charge in [0, 0.05) is 0 Å². The fourth-order valence-electron chi connectivity index (χ4n) is 0.350. The second-order valence-corrected chi connectivity index (χ2v) is 1.55. The Hall–Kier alpha value is -1.25. The quantitative estimate of drug-likeness (QED) is 0.324. The molecule has 0 spiro atoms. The smallest absolute Gasteiger partial charge is 0.235 e. The summed E-state index contributed by atoms with van der Waals surface area (Å²) in [7, 11) is 0. The normalized spacial score (nSPS) is 11.3. The Kier molecular flexibility index (Phi) is 4.04.